The minimum atomic E-state index is -0.322. The van der Waals surface area contributed by atoms with Crippen LogP contribution in [0, 0.1) is 42.4 Å². The van der Waals surface area contributed by atoms with Crippen LogP contribution in [0.4, 0.5) is 5.69 Å². The highest BCUT2D eigenvalue weighted by atomic mass is 16.2. The third kappa shape index (κ3) is 1.76. The molecule has 1 aromatic carbocycles. The number of imide groups is 1. The van der Waals surface area contributed by atoms with Gasteiger partial charge in [0.25, 0.3) is 5.56 Å². The summed E-state index contributed by atoms with van der Waals surface area (Å²) in [4.78, 5) is 41.3. The van der Waals surface area contributed by atoms with E-state index in [9.17, 15) is 14.4 Å². The van der Waals surface area contributed by atoms with Crippen LogP contribution in [0.15, 0.2) is 47.3 Å². The number of carbonyl (C=O) groups is 2. The van der Waals surface area contributed by atoms with E-state index in [0.29, 0.717) is 23.2 Å². The lowest BCUT2D eigenvalue weighted by Gasteiger charge is -2.37. The quantitative estimate of drug-likeness (QED) is 0.596. The number of hydrogen-bond donors (Lipinski definition) is 0. The maximum absolute atomic E-state index is 13.4. The summed E-state index contributed by atoms with van der Waals surface area (Å²) in [5, 5.41) is 0. The Morgan fingerprint density at radius 3 is 2.04 bits per heavy atom. The standard InChI is InChI=1S/C22H21N3O3/c1-11-19(22(28)25(23(11)2)12-6-4-3-5-7-12)24-20(26)17-13-8-9-14(16-10-15(13)16)18(17)21(24)27/h3-9,13-18H,10H2,1-2H3/t13-,14+,15-,16-,17+,18+/m1/s1. The zero-order valence-corrected chi connectivity index (χ0v) is 15.8. The van der Waals surface area contributed by atoms with E-state index in [1.807, 2.05) is 30.3 Å². The van der Waals surface area contributed by atoms with Crippen LogP contribution in [0.1, 0.15) is 12.1 Å². The molecule has 6 heteroatoms. The molecule has 2 heterocycles. The molecule has 6 atom stereocenters. The van der Waals surface area contributed by atoms with Crippen LogP contribution in [-0.4, -0.2) is 21.2 Å². The SMILES string of the molecule is Cc1c(N2C(=O)[C@H]3[C@@H]4C=C[C@@H]([C@H]5C[C@H]45)[C@@H]3C2=O)c(=O)n(-c2ccccc2)n1C. The lowest BCUT2D eigenvalue weighted by atomic mass is 9.63. The summed E-state index contributed by atoms with van der Waals surface area (Å²) in [6, 6.07) is 9.29. The fourth-order valence-electron chi connectivity index (χ4n) is 5.99. The number of hydrogen-bond acceptors (Lipinski definition) is 3. The maximum atomic E-state index is 13.4. The molecule has 3 fully saturated rings. The van der Waals surface area contributed by atoms with Gasteiger partial charge in [-0.1, -0.05) is 30.4 Å². The molecule has 1 aliphatic heterocycles. The van der Waals surface area contributed by atoms with Crippen LogP contribution in [0.25, 0.3) is 5.69 Å². The Bertz CT molecular complexity index is 1090. The largest absolute Gasteiger partial charge is 0.296 e. The number of anilines is 1. The molecule has 142 valence electrons. The predicted octanol–water partition coefficient (Wildman–Crippen LogP) is 2.04. The summed E-state index contributed by atoms with van der Waals surface area (Å²) < 4.78 is 3.25. The number of aromatic nitrogens is 2. The average Bonchev–Trinajstić information content (AvgIpc) is 3.45. The highest BCUT2D eigenvalue weighted by Crippen LogP contribution is 2.65. The number of para-hydroxylation sites is 1. The van der Waals surface area contributed by atoms with Crippen molar-refractivity contribution in [3.8, 4) is 5.69 Å². The Balaban J connectivity index is 1.49. The Hall–Kier alpha value is -2.89. The van der Waals surface area contributed by atoms with Gasteiger partial charge in [-0.25, -0.2) is 9.58 Å². The predicted molar refractivity (Wildman–Crippen MR) is 103 cm³/mol. The summed E-state index contributed by atoms with van der Waals surface area (Å²) in [6.45, 7) is 1.79. The molecule has 2 amide bonds. The molecular formula is C22H21N3O3. The van der Waals surface area contributed by atoms with Gasteiger partial charge < -0.3 is 0 Å². The van der Waals surface area contributed by atoms with Gasteiger partial charge in [0.15, 0.2) is 0 Å². The average molecular weight is 375 g/mol. The first-order valence-electron chi connectivity index (χ1n) is 9.91. The van der Waals surface area contributed by atoms with Crippen LogP contribution in [0.2, 0.25) is 0 Å². The molecule has 6 nitrogen and oxygen atoms in total. The lowest BCUT2D eigenvalue weighted by Crippen LogP contribution is -2.40. The number of benzene rings is 1. The van der Waals surface area contributed by atoms with Gasteiger partial charge in [-0.05, 0) is 49.1 Å². The van der Waals surface area contributed by atoms with Gasteiger partial charge in [0.2, 0.25) is 11.8 Å². The second-order valence-corrected chi connectivity index (χ2v) is 8.58. The van der Waals surface area contributed by atoms with Crippen molar-refractivity contribution in [3.63, 3.8) is 0 Å². The van der Waals surface area contributed by atoms with Gasteiger partial charge in [0.05, 0.1) is 23.2 Å². The van der Waals surface area contributed by atoms with Crippen molar-refractivity contribution in [1.29, 1.82) is 0 Å². The van der Waals surface area contributed by atoms with Gasteiger partial charge in [0, 0.05) is 7.05 Å². The van der Waals surface area contributed by atoms with Gasteiger partial charge in [-0.2, -0.15) is 0 Å². The number of nitrogens with zero attached hydrogens (tertiary/aromatic N) is 3. The molecule has 28 heavy (non-hydrogen) atoms. The molecule has 5 aliphatic rings. The van der Waals surface area contributed by atoms with Crippen molar-refractivity contribution in [2.24, 2.45) is 42.6 Å². The second-order valence-electron chi connectivity index (χ2n) is 8.58. The smallest absolute Gasteiger partial charge is 0.283 e. The number of allylic oxidation sites excluding steroid dienone is 2. The summed E-state index contributed by atoms with van der Waals surface area (Å²) in [6.07, 6.45) is 5.42. The molecule has 0 unspecified atom stereocenters. The van der Waals surface area contributed by atoms with E-state index in [2.05, 4.69) is 12.2 Å². The molecule has 0 radical (unpaired) electrons. The van der Waals surface area contributed by atoms with E-state index >= 15 is 0 Å². The molecule has 0 N–H and O–H groups in total. The van der Waals surface area contributed by atoms with Gasteiger partial charge in [-0.15, -0.1) is 0 Å². The summed E-state index contributed by atoms with van der Waals surface area (Å²) >= 11 is 0. The Morgan fingerprint density at radius 2 is 1.46 bits per heavy atom. The van der Waals surface area contributed by atoms with Gasteiger partial charge >= 0.3 is 0 Å². The Labute approximate surface area is 162 Å². The van der Waals surface area contributed by atoms with Gasteiger partial charge in [0.1, 0.15) is 5.69 Å². The summed E-state index contributed by atoms with van der Waals surface area (Å²) in [7, 11) is 1.78. The molecule has 4 aliphatic carbocycles. The molecule has 2 bridgehead atoms. The third-order valence-corrected chi connectivity index (χ3v) is 7.41. The molecule has 1 saturated heterocycles. The number of amides is 2. The van der Waals surface area contributed by atoms with Crippen molar-refractivity contribution in [1.82, 2.24) is 9.36 Å². The van der Waals surface area contributed by atoms with E-state index in [0.717, 1.165) is 6.42 Å². The fraction of sp³-hybridized carbons (Fsp3) is 0.409. The van der Waals surface area contributed by atoms with Crippen molar-refractivity contribution in [3.05, 3.63) is 58.5 Å². The maximum Gasteiger partial charge on any atom is 0.296 e. The van der Waals surface area contributed by atoms with Crippen LogP contribution >= 0.6 is 0 Å². The first kappa shape index (κ1) is 16.1. The molecule has 1 aromatic heterocycles. The minimum absolute atomic E-state index is 0.154. The summed E-state index contributed by atoms with van der Waals surface area (Å²) in [5.74, 6) is 0.433. The Kier molecular flexibility index (Phi) is 2.95. The van der Waals surface area contributed by atoms with Crippen molar-refractivity contribution in [2.45, 2.75) is 13.3 Å². The first-order chi connectivity index (χ1) is 13.5. The number of rotatable bonds is 2. The van der Waals surface area contributed by atoms with Crippen LogP contribution < -0.4 is 10.5 Å². The molecule has 0 spiro atoms. The molecule has 2 aromatic rings. The van der Waals surface area contributed by atoms with Crippen LogP contribution in [0.5, 0.6) is 0 Å². The second kappa shape index (κ2) is 5.13. The molecular weight excluding hydrogens is 354 g/mol. The normalized spacial score (nSPS) is 34.7. The van der Waals surface area contributed by atoms with E-state index in [1.54, 1.807) is 18.7 Å². The van der Waals surface area contributed by atoms with E-state index in [4.69, 9.17) is 0 Å². The third-order valence-electron chi connectivity index (χ3n) is 7.41. The zero-order chi connectivity index (χ0) is 19.3. The molecule has 7 rings (SSSR count). The van der Waals surface area contributed by atoms with E-state index in [-0.39, 0.29) is 46.7 Å². The van der Waals surface area contributed by atoms with E-state index < -0.39 is 0 Å². The lowest BCUT2D eigenvalue weighted by molar-refractivity contribution is -0.124. The Morgan fingerprint density at radius 1 is 0.893 bits per heavy atom. The fourth-order valence-corrected chi connectivity index (χ4v) is 5.99. The summed E-state index contributed by atoms with van der Waals surface area (Å²) in [5.41, 5.74) is 1.23. The minimum Gasteiger partial charge on any atom is -0.283 e. The topological polar surface area (TPSA) is 64.3 Å². The van der Waals surface area contributed by atoms with Gasteiger partial charge in [-0.3, -0.25) is 19.1 Å². The van der Waals surface area contributed by atoms with Crippen molar-refractivity contribution >= 4 is 17.5 Å². The van der Waals surface area contributed by atoms with Crippen LogP contribution in [-0.2, 0) is 16.6 Å². The monoisotopic (exact) mass is 375 g/mol. The van der Waals surface area contributed by atoms with Crippen LogP contribution in [0.3, 0.4) is 0 Å². The number of carbonyl (C=O) groups excluding carboxylic acids is 2. The zero-order valence-electron chi connectivity index (χ0n) is 15.8. The van der Waals surface area contributed by atoms with Crippen molar-refractivity contribution in [2.75, 3.05) is 4.90 Å². The first-order valence-corrected chi connectivity index (χ1v) is 9.91. The highest BCUT2D eigenvalue weighted by Gasteiger charge is 2.67. The van der Waals surface area contributed by atoms with Crippen molar-refractivity contribution < 1.29 is 9.59 Å². The van der Waals surface area contributed by atoms with E-state index in [1.165, 1.54) is 9.58 Å². The molecule has 2 saturated carbocycles. The highest BCUT2D eigenvalue weighted by molar-refractivity contribution is 6.22.